The topological polar surface area (TPSA) is 52.6 Å². The van der Waals surface area contributed by atoms with Crippen LogP contribution in [0.15, 0.2) is 24.3 Å². The summed E-state index contributed by atoms with van der Waals surface area (Å²) in [6, 6.07) is 4.32. The van der Waals surface area contributed by atoms with Gasteiger partial charge in [-0.3, -0.25) is 0 Å². The van der Waals surface area contributed by atoms with E-state index >= 15 is 0 Å². The second kappa shape index (κ2) is 6.60. The molecule has 0 aromatic heterocycles. The van der Waals surface area contributed by atoms with Crippen LogP contribution in [0.3, 0.4) is 0 Å². The fourth-order valence-electron chi connectivity index (χ4n) is 1.65. The summed E-state index contributed by atoms with van der Waals surface area (Å²) in [5, 5.41) is 11.6. The van der Waals surface area contributed by atoms with Gasteiger partial charge in [0.15, 0.2) is 0 Å². The summed E-state index contributed by atoms with van der Waals surface area (Å²) in [7, 11) is 1.49. The Kier molecular flexibility index (Phi) is 5.38. The number of hydrogen-bond donors (Lipinski definition) is 2. The van der Waals surface area contributed by atoms with Crippen molar-refractivity contribution in [3.8, 4) is 0 Å². The molecule has 0 saturated carbocycles. The van der Waals surface area contributed by atoms with Crippen LogP contribution in [-0.4, -0.2) is 35.7 Å². The fourth-order valence-corrected chi connectivity index (χ4v) is 1.65. The molecule has 1 rings (SSSR count). The third-order valence-electron chi connectivity index (χ3n) is 2.58. The van der Waals surface area contributed by atoms with Gasteiger partial charge in [-0.05, 0) is 24.6 Å². The molecule has 0 bridgehead atoms. The number of amides is 2. The molecule has 0 aliphatic heterocycles. The van der Waals surface area contributed by atoms with Crippen molar-refractivity contribution in [3.05, 3.63) is 35.4 Å². The van der Waals surface area contributed by atoms with Crippen LogP contribution in [-0.2, 0) is 12.7 Å². The molecule has 1 aromatic carbocycles. The SMILES string of the molecule is CC(O)CN(C)C(=O)NCc1cccc(C(F)(F)F)c1. The minimum atomic E-state index is -4.40. The molecular weight excluding hydrogens is 273 g/mol. The lowest BCUT2D eigenvalue weighted by Crippen LogP contribution is -2.40. The van der Waals surface area contributed by atoms with Crippen molar-refractivity contribution in [1.29, 1.82) is 0 Å². The molecule has 1 aromatic rings. The van der Waals surface area contributed by atoms with Gasteiger partial charge in [0.1, 0.15) is 0 Å². The molecule has 1 atom stereocenters. The maximum absolute atomic E-state index is 12.5. The number of benzene rings is 1. The molecule has 7 heteroatoms. The van der Waals surface area contributed by atoms with Crippen molar-refractivity contribution >= 4 is 6.03 Å². The Hall–Kier alpha value is -1.76. The maximum atomic E-state index is 12.5. The number of likely N-dealkylation sites (N-methyl/N-ethyl adjacent to an activating group) is 1. The van der Waals surface area contributed by atoms with E-state index in [2.05, 4.69) is 5.32 Å². The standard InChI is InChI=1S/C13H17F3N2O2/c1-9(19)8-18(2)12(20)17-7-10-4-3-5-11(6-10)13(14,15)16/h3-6,9,19H,7-8H2,1-2H3,(H,17,20). The Bertz CT molecular complexity index is 461. The average molecular weight is 290 g/mol. The van der Waals surface area contributed by atoms with Crippen molar-refractivity contribution in [3.63, 3.8) is 0 Å². The molecular formula is C13H17F3N2O2. The van der Waals surface area contributed by atoms with E-state index in [1.165, 1.54) is 31.0 Å². The first-order chi connectivity index (χ1) is 9.20. The third-order valence-corrected chi connectivity index (χ3v) is 2.58. The summed E-state index contributed by atoms with van der Waals surface area (Å²) in [6.45, 7) is 1.68. The van der Waals surface area contributed by atoms with Gasteiger partial charge in [0.25, 0.3) is 0 Å². The van der Waals surface area contributed by atoms with E-state index < -0.39 is 23.9 Å². The molecule has 1 unspecified atom stereocenters. The van der Waals surface area contributed by atoms with Gasteiger partial charge in [0.05, 0.1) is 11.7 Å². The summed E-state index contributed by atoms with van der Waals surface area (Å²) in [5.41, 5.74) is -0.389. The highest BCUT2D eigenvalue weighted by Crippen LogP contribution is 2.29. The van der Waals surface area contributed by atoms with Crippen molar-refractivity contribution in [2.45, 2.75) is 25.7 Å². The Labute approximate surface area is 115 Å². The van der Waals surface area contributed by atoms with Gasteiger partial charge in [-0.2, -0.15) is 13.2 Å². The number of aliphatic hydroxyl groups is 1. The first kappa shape index (κ1) is 16.3. The molecule has 0 heterocycles. The molecule has 0 fully saturated rings. The molecule has 112 valence electrons. The number of hydrogen-bond acceptors (Lipinski definition) is 2. The second-order valence-electron chi connectivity index (χ2n) is 4.59. The number of rotatable bonds is 4. The number of nitrogens with one attached hydrogen (secondary N) is 1. The normalized spacial score (nSPS) is 12.9. The number of urea groups is 1. The first-order valence-corrected chi connectivity index (χ1v) is 6.03. The first-order valence-electron chi connectivity index (χ1n) is 6.03. The number of aliphatic hydroxyl groups excluding tert-OH is 1. The van der Waals surface area contributed by atoms with Crippen LogP contribution >= 0.6 is 0 Å². The van der Waals surface area contributed by atoms with Crippen molar-refractivity contribution in [1.82, 2.24) is 10.2 Å². The number of halogens is 3. The summed E-state index contributed by atoms with van der Waals surface area (Å²) in [4.78, 5) is 12.9. The van der Waals surface area contributed by atoms with E-state index in [1.807, 2.05) is 0 Å². The van der Waals surface area contributed by atoms with Crippen molar-refractivity contribution < 1.29 is 23.1 Å². The second-order valence-corrected chi connectivity index (χ2v) is 4.59. The number of carbonyl (C=O) groups is 1. The highest BCUT2D eigenvalue weighted by molar-refractivity contribution is 5.73. The Morgan fingerprint density at radius 1 is 1.45 bits per heavy atom. The van der Waals surface area contributed by atoms with E-state index in [0.717, 1.165) is 12.1 Å². The van der Waals surface area contributed by atoms with Crippen molar-refractivity contribution in [2.24, 2.45) is 0 Å². The Morgan fingerprint density at radius 2 is 2.10 bits per heavy atom. The van der Waals surface area contributed by atoms with Gasteiger partial charge < -0.3 is 15.3 Å². The number of nitrogens with zero attached hydrogens (tertiary/aromatic N) is 1. The van der Waals surface area contributed by atoms with Gasteiger partial charge in [-0.1, -0.05) is 12.1 Å². The zero-order valence-corrected chi connectivity index (χ0v) is 11.2. The minimum absolute atomic E-state index is 0.00704. The predicted molar refractivity (Wildman–Crippen MR) is 68.0 cm³/mol. The summed E-state index contributed by atoms with van der Waals surface area (Å²) < 4.78 is 37.5. The van der Waals surface area contributed by atoms with Crippen LogP contribution in [0.5, 0.6) is 0 Å². The number of alkyl halides is 3. The largest absolute Gasteiger partial charge is 0.416 e. The summed E-state index contributed by atoms with van der Waals surface area (Å²) >= 11 is 0. The van der Waals surface area contributed by atoms with E-state index in [0.29, 0.717) is 5.56 Å². The predicted octanol–water partition coefficient (Wildman–Crippen LogP) is 2.23. The monoisotopic (exact) mass is 290 g/mol. The van der Waals surface area contributed by atoms with Gasteiger partial charge in [0.2, 0.25) is 0 Å². The lowest BCUT2D eigenvalue weighted by molar-refractivity contribution is -0.137. The molecule has 0 aliphatic rings. The van der Waals surface area contributed by atoms with Crippen LogP contribution in [0.2, 0.25) is 0 Å². The highest BCUT2D eigenvalue weighted by atomic mass is 19.4. The molecule has 0 aliphatic carbocycles. The summed E-state index contributed by atoms with van der Waals surface area (Å²) in [6.07, 6.45) is -5.07. The average Bonchev–Trinajstić information content (AvgIpc) is 2.34. The summed E-state index contributed by atoms with van der Waals surface area (Å²) in [5.74, 6) is 0. The van der Waals surface area contributed by atoms with Gasteiger partial charge in [-0.25, -0.2) is 4.79 Å². The van der Waals surface area contributed by atoms with Gasteiger partial charge >= 0.3 is 12.2 Å². The smallest absolute Gasteiger partial charge is 0.392 e. The van der Waals surface area contributed by atoms with Crippen molar-refractivity contribution in [2.75, 3.05) is 13.6 Å². The third kappa shape index (κ3) is 5.08. The van der Waals surface area contributed by atoms with Gasteiger partial charge in [0, 0.05) is 20.1 Å². The quantitative estimate of drug-likeness (QED) is 0.893. The lowest BCUT2D eigenvalue weighted by atomic mass is 10.1. The van der Waals surface area contributed by atoms with Crippen LogP contribution in [0.25, 0.3) is 0 Å². The maximum Gasteiger partial charge on any atom is 0.416 e. The van der Waals surface area contributed by atoms with E-state index in [4.69, 9.17) is 5.11 Å². The molecule has 2 amide bonds. The van der Waals surface area contributed by atoms with E-state index in [-0.39, 0.29) is 13.1 Å². The van der Waals surface area contributed by atoms with E-state index in [1.54, 1.807) is 0 Å². The zero-order chi connectivity index (χ0) is 15.3. The van der Waals surface area contributed by atoms with Crippen LogP contribution in [0, 0.1) is 0 Å². The van der Waals surface area contributed by atoms with Gasteiger partial charge in [-0.15, -0.1) is 0 Å². The zero-order valence-electron chi connectivity index (χ0n) is 11.2. The van der Waals surface area contributed by atoms with Crippen LogP contribution < -0.4 is 5.32 Å². The highest BCUT2D eigenvalue weighted by Gasteiger charge is 2.30. The molecule has 0 radical (unpaired) electrons. The Balaban J connectivity index is 2.60. The number of carbonyl (C=O) groups excluding carboxylic acids is 1. The fraction of sp³-hybridized carbons (Fsp3) is 0.462. The molecule has 2 N–H and O–H groups in total. The molecule has 0 spiro atoms. The lowest BCUT2D eigenvalue weighted by Gasteiger charge is -2.19. The van der Waals surface area contributed by atoms with E-state index in [9.17, 15) is 18.0 Å². The Morgan fingerprint density at radius 3 is 2.65 bits per heavy atom. The minimum Gasteiger partial charge on any atom is -0.392 e. The van der Waals surface area contributed by atoms with Crippen LogP contribution in [0.4, 0.5) is 18.0 Å². The molecule has 4 nitrogen and oxygen atoms in total. The molecule has 20 heavy (non-hydrogen) atoms. The van der Waals surface area contributed by atoms with Crippen LogP contribution in [0.1, 0.15) is 18.1 Å². The molecule has 0 saturated heterocycles.